The molecule has 0 aliphatic carbocycles. The molecule has 0 radical (unpaired) electrons. The van der Waals surface area contributed by atoms with Crippen LogP contribution in [0.4, 0.5) is 0 Å². The van der Waals surface area contributed by atoms with Crippen LogP contribution in [-0.4, -0.2) is 26.0 Å². The van der Waals surface area contributed by atoms with Crippen molar-refractivity contribution in [1.82, 2.24) is 0 Å². The van der Waals surface area contributed by atoms with Crippen molar-refractivity contribution in [3.8, 4) is 0 Å². The third-order valence-corrected chi connectivity index (χ3v) is 5.50. The summed E-state index contributed by atoms with van der Waals surface area (Å²) in [6.07, 6.45) is 11.0. The topological polar surface area (TPSA) is 0 Å². The Hall–Kier alpha value is -0.807. The molecule has 2 rings (SSSR count). The van der Waals surface area contributed by atoms with Gasteiger partial charge in [-0.3, -0.25) is 0 Å². The van der Waals surface area contributed by atoms with Crippen LogP contribution in [0.25, 0.3) is 6.08 Å². The Morgan fingerprint density at radius 1 is 0.929 bits per heavy atom. The molecule has 0 saturated heterocycles. The van der Waals surface area contributed by atoms with Crippen LogP contribution < -0.4 is 0 Å². The third kappa shape index (κ3) is 2.85. The number of hydrogen-bond donors (Lipinski definition) is 0. The van der Waals surface area contributed by atoms with E-state index in [-0.39, 0.29) is 0 Å². The first kappa shape index (κ1) is 9.74. The first-order chi connectivity index (χ1) is 6.95. The molecule has 14 heavy (non-hydrogen) atoms. The average Bonchev–Trinajstić information content (AvgIpc) is 2.29. The van der Waals surface area contributed by atoms with Crippen molar-refractivity contribution in [3.05, 3.63) is 64.0 Å². The number of rotatable bonds is 2. The monoisotopic (exact) mass is 376 g/mol. The van der Waals surface area contributed by atoms with Crippen molar-refractivity contribution in [2.45, 2.75) is 0 Å². The van der Waals surface area contributed by atoms with Crippen molar-refractivity contribution in [3.63, 3.8) is 0 Å². The molecular formula is C13H11Bi. The standard InChI is InChI=1S/C13H11.Bi/c1-2-3-4-5-7-10-13-11-8-6-9-12-13;/h1-4,6-12H;. The molecule has 1 aliphatic heterocycles. The zero-order valence-corrected chi connectivity index (χ0v) is 11.3. The summed E-state index contributed by atoms with van der Waals surface area (Å²) in [5, 5.41) is 0. The Balaban J connectivity index is 2.12. The van der Waals surface area contributed by atoms with Gasteiger partial charge in [-0.1, -0.05) is 0 Å². The molecule has 0 fully saturated rings. The van der Waals surface area contributed by atoms with Crippen molar-refractivity contribution in [2.75, 3.05) is 0 Å². The SMILES string of the molecule is C1=[CH][Bi]=[C](C=Cc2ccccc2)C=C1. The molecular weight excluding hydrogens is 365 g/mol. The predicted molar refractivity (Wildman–Crippen MR) is 64.5 cm³/mol. The fraction of sp³-hybridized carbons (Fsp3) is 0. The maximum absolute atomic E-state index is 2.35. The molecule has 0 nitrogen and oxygen atoms in total. The molecule has 0 bridgehead atoms. The minimum atomic E-state index is -0.483. The first-order valence-corrected chi connectivity index (χ1v) is 8.34. The molecule has 0 spiro atoms. The Morgan fingerprint density at radius 2 is 1.79 bits per heavy atom. The molecule has 0 aromatic heterocycles. The summed E-state index contributed by atoms with van der Waals surface area (Å²) in [5.41, 5.74) is 1.28. The number of allylic oxidation sites excluding steroid dienone is 4. The fourth-order valence-electron chi connectivity index (χ4n) is 1.22. The zero-order valence-electron chi connectivity index (χ0n) is 7.80. The Bertz CT molecular complexity index is 408. The molecule has 0 amide bonds. The number of benzene rings is 1. The van der Waals surface area contributed by atoms with Gasteiger partial charge in [0.05, 0.1) is 0 Å². The van der Waals surface area contributed by atoms with E-state index in [0.717, 1.165) is 0 Å². The van der Waals surface area contributed by atoms with E-state index in [1.807, 2.05) is 6.07 Å². The predicted octanol–water partition coefficient (Wildman–Crippen LogP) is 2.66. The third-order valence-electron chi connectivity index (χ3n) is 1.93. The van der Waals surface area contributed by atoms with Gasteiger partial charge < -0.3 is 0 Å². The second-order valence-electron chi connectivity index (χ2n) is 3.00. The van der Waals surface area contributed by atoms with Crippen LogP contribution >= 0.6 is 0 Å². The summed E-state index contributed by atoms with van der Waals surface area (Å²) in [5.74, 6) is 0. The quantitative estimate of drug-likeness (QED) is 0.697. The van der Waals surface area contributed by atoms with Gasteiger partial charge in [-0.15, -0.1) is 0 Å². The fourth-order valence-corrected chi connectivity index (χ4v) is 3.90. The summed E-state index contributed by atoms with van der Waals surface area (Å²) in [6, 6.07) is 10.5. The molecule has 0 N–H and O–H groups in total. The molecule has 68 valence electrons. The van der Waals surface area contributed by atoms with E-state index in [9.17, 15) is 0 Å². The van der Waals surface area contributed by atoms with E-state index in [0.29, 0.717) is 0 Å². The van der Waals surface area contributed by atoms with E-state index in [2.05, 4.69) is 58.4 Å². The maximum atomic E-state index is 2.35. The number of hydrogen-bond acceptors (Lipinski definition) is 0. The van der Waals surface area contributed by atoms with Crippen LogP contribution in [-0.2, 0) is 0 Å². The van der Waals surface area contributed by atoms with E-state index in [1.165, 1.54) is 8.77 Å². The van der Waals surface area contributed by atoms with Gasteiger partial charge in [0.1, 0.15) is 0 Å². The van der Waals surface area contributed by atoms with E-state index >= 15 is 0 Å². The van der Waals surface area contributed by atoms with Crippen molar-refractivity contribution in [2.24, 2.45) is 0 Å². The Kier molecular flexibility index (Phi) is 3.59. The second kappa shape index (κ2) is 5.17. The second-order valence-corrected chi connectivity index (χ2v) is 7.17. The van der Waals surface area contributed by atoms with Crippen LogP contribution in [0.2, 0.25) is 0 Å². The molecule has 0 unspecified atom stereocenters. The summed E-state index contributed by atoms with van der Waals surface area (Å²) < 4.78 is 3.89. The van der Waals surface area contributed by atoms with E-state index < -0.39 is 22.8 Å². The van der Waals surface area contributed by atoms with Crippen LogP contribution in [0.5, 0.6) is 0 Å². The molecule has 0 atom stereocenters. The summed E-state index contributed by atoms with van der Waals surface area (Å²) in [7, 11) is 0. The van der Waals surface area contributed by atoms with Gasteiger partial charge in [0.2, 0.25) is 0 Å². The molecule has 1 aliphatic rings. The Morgan fingerprint density at radius 3 is 2.50 bits per heavy atom. The van der Waals surface area contributed by atoms with Gasteiger partial charge in [-0.05, 0) is 0 Å². The molecule has 1 aromatic carbocycles. The van der Waals surface area contributed by atoms with Gasteiger partial charge in [-0.25, -0.2) is 0 Å². The van der Waals surface area contributed by atoms with Crippen molar-refractivity contribution < 1.29 is 0 Å². The van der Waals surface area contributed by atoms with Crippen LogP contribution in [0.15, 0.2) is 58.4 Å². The first-order valence-electron chi connectivity index (χ1n) is 4.59. The van der Waals surface area contributed by atoms with Gasteiger partial charge in [-0.2, -0.15) is 0 Å². The zero-order chi connectivity index (χ0) is 9.64. The van der Waals surface area contributed by atoms with Gasteiger partial charge in [0.25, 0.3) is 0 Å². The summed E-state index contributed by atoms with van der Waals surface area (Å²) in [4.78, 5) is 0. The normalized spacial score (nSPS) is 14.7. The average molecular weight is 376 g/mol. The Labute approximate surface area is 95.7 Å². The molecule has 0 saturated carbocycles. The van der Waals surface area contributed by atoms with Gasteiger partial charge in [0.15, 0.2) is 0 Å². The van der Waals surface area contributed by atoms with Gasteiger partial charge in [0, 0.05) is 0 Å². The van der Waals surface area contributed by atoms with E-state index in [4.69, 9.17) is 0 Å². The summed E-state index contributed by atoms with van der Waals surface area (Å²) in [6.45, 7) is 0. The molecule has 1 aromatic rings. The molecule has 1 heterocycles. The van der Waals surface area contributed by atoms with Crippen molar-refractivity contribution in [1.29, 1.82) is 0 Å². The van der Waals surface area contributed by atoms with Crippen LogP contribution in [0.3, 0.4) is 0 Å². The van der Waals surface area contributed by atoms with E-state index in [1.54, 1.807) is 0 Å². The van der Waals surface area contributed by atoms with Crippen LogP contribution in [0.1, 0.15) is 5.56 Å². The van der Waals surface area contributed by atoms with Gasteiger partial charge >= 0.3 is 96.0 Å². The van der Waals surface area contributed by atoms with Crippen molar-refractivity contribution >= 4 is 32.0 Å². The minimum absolute atomic E-state index is 0.483. The summed E-state index contributed by atoms with van der Waals surface area (Å²) >= 11 is -0.483. The molecule has 1 heteroatoms. The van der Waals surface area contributed by atoms with Crippen LogP contribution in [0, 0.1) is 0 Å².